The molecule has 4 heteroatoms. The molecule has 2 aromatic heterocycles. The normalized spacial score (nSPS) is 10.9. The Morgan fingerprint density at radius 3 is 2.94 bits per heavy atom. The summed E-state index contributed by atoms with van der Waals surface area (Å²) < 4.78 is 5.33. The van der Waals surface area contributed by atoms with Gasteiger partial charge in [-0.2, -0.15) is 0 Å². The van der Waals surface area contributed by atoms with E-state index in [0.29, 0.717) is 0 Å². The van der Waals surface area contributed by atoms with E-state index in [0.717, 1.165) is 35.8 Å². The monoisotopic (exact) mass is 236 g/mol. The van der Waals surface area contributed by atoms with Crippen LogP contribution in [0.3, 0.4) is 0 Å². The Morgan fingerprint density at radius 1 is 1.38 bits per heavy atom. The van der Waals surface area contributed by atoms with Crippen molar-refractivity contribution in [2.45, 2.75) is 26.8 Å². The van der Waals surface area contributed by atoms with E-state index >= 15 is 0 Å². The molecule has 0 fully saturated rings. The van der Waals surface area contributed by atoms with Crippen molar-refractivity contribution in [3.63, 3.8) is 0 Å². The molecule has 0 saturated carbocycles. The van der Waals surface area contributed by atoms with Crippen LogP contribution in [0, 0.1) is 0 Å². The molecule has 0 unspecified atom stereocenters. The summed E-state index contributed by atoms with van der Waals surface area (Å²) >= 11 is 1.77. The zero-order valence-corrected chi connectivity index (χ0v) is 10.4. The minimum absolute atomic E-state index is 0.770. The van der Waals surface area contributed by atoms with Gasteiger partial charge >= 0.3 is 0 Å². The molecule has 86 valence electrons. The predicted molar refractivity (Wildman–Crippen MR) is 66.6 cm³/mol. The molecule has 2 aromatic rings. The molecule has 0 aliphatic heterocycles. The molecule has 3 nitrogen and oxygen atoms in total. The Morgan fingerprint density at radius 2 is 2.25 bits per heavy atom. The van der Waals surface area contributed by atoms with E-state index in [-0.39, 0.29) is 0 Å². The Labute approximate surface area is 99.5 Å². The Balaban J connectivity index is 2.11. The second-order valence-electron chi connectivity index (χ2n) is 3.58. The van der Waals surface area contributed by atoms with Gasteiger partial charge in [-0.3, -0.25) is 0 Å². The van der Waals surface area contributed by atoms with Crippen molar-refractivity contribution in [1.29, 1.82) is 0 Å². The van der Waals surface area contributed by atoms with Crippen molar-refractivity contribution in [1.82, 2.24) is 10.5 Å². The second-order valence-corrected chi connectivity index (χ2v) is 4.75. The number of rotatable bonds is 5. The lowest BCUT2D eigenvalue weighted by Crippen LogP contribution is -2.11. The van der Waals surface area contributed by atoms with Gasteiger partial charge in [0.2, 0.25) is 0 Å². The van der Waals surface area contributed by atoms with Crippen LogP contribution in [0.15, 0.2) is 22.7 Å². The fourth-order valence-electron chi connectivity index (χ4n) is 1.46. The van der Waals surface area contributed by atoms with Crippen molar-refractivity contribution in [3.05, 3.63) is 28.8 Å². The van der Waals surface area contributed by atoms with E-state index in [9.17, 15) is 0 Å². The third-order valence-corrected chi connectivity index (χ3v) is 3.61. The van der Waals surface area contributed by atoms with Crippen LogP contribution in [0.25, 0.3) is 10.6 Å². The zero-order valence-electron chi connectivity index (χ0n) is 9.62. The van der Waals surface area contributed by atoms with E-state index < -0.39 is 0 Å². The fraction of sp³-hybridized carbons (Fsp3) is 0.417. The number of aromatic nitrogens is 1. The van der Waals surface area contributed by atoms with E-state index in [1.54, 1.807) is 11.3 Å². The maximum absolute atomic E-state index is 5.33. The molecule has 0 aromatic carbocycles. The number of nitrogens with zero attached hydrogens (tertiary/aromatic N) is 1. The number of thiophene rings is 1. The summed E-state index contributed by atoms with van der Waals surface area (Å²) in [5, 5.41) is 7.26. The van der Waals surface area contributed by atoms with Crippen molar-refractivity contribution in [2.75, 3.05) is 6.54 Å². The summed E-state index contributed by atoms with van der Waals surface area (Å²) in [7, 11) is 0. The fourth-order valence-corrected chi connectivity index (χ4v) is 2.36. The first-order valence-electron chi connectivity index (χ1n) is 5.59. The van der Waals surface area contributed by atoms with Crippen LogP contribution in [-0.2, 0) is 13.0 Å². The van der Waals surface area contributed by atoms with Gasteiger partial charge in [0.1, 0.15) is 0 Å². The van der Waals surface area contributed by atoms with Crippen LogP contribution in [0.2, 0.25) is 0 Å². The van der Waals surface area contributed by atoms with E-state index in [4.69, 9.17) is 4.52 Å². The number of hydrogen-bond donors (Lipinski definition) is 1. The second kappa shape index (κ2) is 5.27. The Bertz CT molecular complexity index is 447. The van der Waals surface area contributed by atoms with E-state index in [1.807, 2.05) is 6.07 Å². The molecule has 0 aliphatic carbocycles. The Kier molecular flexibility index (Phi) is 3.74. The molecular formula is C12H16N2OS. The first-order chi connectivity index (χ1) is 7.83. The summed E-state index contributed by atoms with van der Waals surface area (Å²) in [5.74, 6) is 0.873. The van der Waals surface area contributed by atoms with Gasteiger partial charge in [-0.25, -0.2) is 0 Å². The van der Waals surface area contributed by atoms with Crippen LogP contribution >= 0.6 is 11.3 Å². The van der Waals surface area contributed by atoms with E-state index in [2.05, 4.69) is 36.5 Å². The van der Waals surface area contributed by atoms with Crippen molar-refractivity contribution in [2.24, 2.45) is 0 Å². The largest absolute Gasteiger partial charge is 0.355 e. The quantitative estimate of drug-likeness (QED) is 0.867. The van der Waals surface area contributed by atoms with Gasteiger partial charge in [-0.15, -0.1) is 11.3 Å². The Hall–Kier alpha value is -1.13. The molecule has 0 aliphatic rings. The van der Waals surface area contributed by atoms with Crippen molar-refractivity contribution < 1.29 is 4.52 Å². The highest BCUT2D eigenvalue weighted by molar-refractivity contribution is 7.15. The van der Waals surface area contributed by atoms with Crippen molar-refractivity contribution in [3.8, 4) is 10.6 Å². The average molecular weight is 236 g/mol. The van der Waals surface area contributed by atoms with Crippen LogP contribution < -0.4 is 5.32 Å². The molecule has 2 heterocycles. The lowest BCUT2D eigenvalue weighted by atomic mass is 10.3. The summed E-state index contributed by atoms with van der Waals surface area (Å²) in [4.78, 5) is 2.53. The van der Waals surface area contributed by atoms with Gasteiger partial charge < -0.3 is 9.84 Å². The molecule has 0 radical (unpaired) electrons. The van der Waals surface area contributed by atoms with Gasteiger partial charge in [0.25, 0.3) is 0 Å². The molecule has 0 bridgehead atoms. The SMILES string of the molecule is CCNCc1cc(-c2ccc(CC)s2)on1. The highest BCUT2D eigenvalue weighted by Gasteiger charge is 2.08. The minimum Gasteiger partial charge on any atom is -0.355 e. The molecule has 0 atom stereocenters. The van der Waals surface area contributed by atoms with Crippen LogP contribution in [-0.4, -0.2) is 11.7 Å². The van der Waals surface area contributed by atoms with Gasteiger partial charge in [-0.05, 0) is 25.1 Å². The maximum Gasteiger partial charge on any atom is 0.177 e. The smallest absolute Gasteiger partial charge is 0.177 e. The first-order valence-corrected chi connectivity index (χ1v) is 6.40. The minimum atomic E-state index is 0.770. The highest BCUT2D eigenvalue weighted by Crippen LogP contribution is 2.28. The highest BCUT2D eigenvalue weighted by atomic mass is 32.1. The third kappa shape index (κ3) is 2.51. The molecule has 0 saturated heterocycles. The predicted octanol–water partition coefficient (Wildman–Crippen LogP) is 3.08. The molecule has 16 heavy (non-hydrogen) atoms. The third-order valence-electron chi connectivity index (χ3n) is 2.37. The maximum atomic E-state index is 5.33. The summed E-state index contributed by atoms with van der Waals surface area (Å²) in [6.07, 6.45) is 1.07. The van der Waals surface area contributed by atoms with Crippen LogP contribution in [0.4, 0.5) is 0 Å². The molecular weight excluding hydrogens is 220 g/mol. The van der Waals surface area contributed by atoms with Crippen molar-refractivity contribution >= 4 is 11.3 Å². The van der Waals surface area contributed by atoms with Gasteiger partial charge in [0.05, 0.1) is 10.6 Å². The molecule has 2 rings (SSSR count). The number of hydrogen-bond acceptors (Lipinski definition) is 4. The number of aryl methyl sites for hydroxylation is 1. The first kappa shape index (κ1) is 11.4. The lowest BCUT2D eigenvalue weighted by Gasteiger charge is -1.93. The number of nitrogens with one attached hydrogen (secondary N) is 1. The standard InChI is InChI=1S/C12H16N2OS/c1-3-10-5-6-12(16-10)11-7-9(14-15-11)8-13-4-2/h5-7,13H,3-4,8H2,1-2H3. The molecule has 0 amide bonds. The van der Waals surface area contributed by atoms with Gasteiger partial charge in [0, 0.05) is 17.5 Å². The van der Waals surface area contributed by atoms with E-state index in [1.165, 1.54) is 4.88 Å². The summed E-state index contributed by atoms with van der Waals surface area (Å²) in [6.45, 7) is 5.95. The van der Waals surface area contributed by atoms with Crippen LogP contribution in [0.1, 0.15) is 24.4 Å². The van der Waals surface area contributed by atoms with Gasteiger partial charge in [0.15, 0.2) is 5.76 Å². The molecule has 0 spiro atoms. The summed E-state index contributed by atoms with van der Waals surface area (Å²) in [6, 6.07) is 6.25. The topological polar surface area (TPSA) is 38.1 Å². The average Bonchev–Trinajstić information content (AvgIpc) is 2.94. The zero-order chi connectivity index (χ0) is 11.4. The van der Waals surface area contributed by atoms with Crippen LogP contribution in [0.5, 0.6) is 0 Å². The summed E-state index contributed by atoms with van der Waals surface area (Å²) in [5.41, 5.74) is 0.961. The molecule has 1 N–H and O–H groups in total. The lowest BCUT2D eigenvalue weighted by molar-refractivity contribution is 0.421. The van der Waals surface area contributed by atoms with Gasteiger partial charge in [-0.1, -0.05) is 19.0 Å².